The molecule has 0 saturated heterocycles. The van der Waals surface area contributed by atoms with E-state index in [4.69, 9.17) is 10.5 Å². The van der Waals surface area contributed by atoms with Crippen molar-refractivity contribution in [3.8, 4) is 5.75 Å². The number of rotatable bonds is 9. The Morgan fingerprint density at radius 2 is 1.96 bits per heavy atom. The number of nitrogens with zero attached hydrogens (tertiary/aromatic N) is 1. The second-order valence-electron chi connectivity index (χ2n) is 6.41. The zero-order chi connectivity index (χ0) is 20.2. The number of hydrogen-bond donors (Lipinski definition) is 2. The number of nitrogens with one attached hydrogen (secondary N) is 1. The lowest BCUT2D eigenvalue weighted by Gasteiger charge is -2.28. The maximum Gasteiger partial charge on any atom is 0.298 e. The highest BCUT2D eigenvalue weighted by molar-refractivity contribution is 7.97. The Kier molecular flexibility index (Phi) is 9.90. The first-order chi connectivity index (χ1) is 13.8. The molecule has 0 bridgehead atoms. The first-order valence-corrected chi connectivity index (χ1v) is 10.8. The fraction of sp³-hybridized carbons (Fsp3) is 0.409. The van der Waals surface area contributed by atoms with E-state index in [9.17, 15) is 4.79 Å². The SMILES string of the molecule is CC.Nc1ccc(SNCCCCN2CCc3ccccc3C2)cc1OC=O. The molecule has 0 aliphatic carbocycles. The van der Waals surface area contributed by atoms with E-state index in [1.54, 1.807) is 12.1 Å². The highest BCUT2D eigenvalue weighted by Gasteiger charge is 2.14. The van der Waals surface area contributed by atoms with Crippen LogP contribution >= 0.6 is 11.9 Å². The van der Waals surface area contributed by atoms with E-state index in [2.05, 4.69) is 33.9 Å². The van der Waals surface area contributed by atoms with Gasteiger partial charge in [0.1, 0.15) is 0 Å². The van der Waals surface area contributed by atoms with Crippen molar-refractivity contribution in [2.24, 2.45) is 0 Å². The van der Waals surface area contributed by atoms with Crippen LogP contribution in [0, 0.1) is 0 Å². The van der Waals surface area contributed by atoms with Crippen LogP contribution in [-0.2, 0) is 17.8 Å². The summed E-state index contributed by atoms with van der Waals surface area (Å²) in [6.45, 7) is 8.70. The number of carbonyl (C=O) groups excluding carboxylic acids is 1. The summed E-state index contributed by atoms with van der Waals surface area (Å²) in [7, 11) is 0. The lowest BCUT2D eigenvalue weighted by molar-refractivity contribution is -0.120. The van der Waals surface area contributed by atoms with Gasteiger partial charge in [-0.05, 0) is 67.1 Å². The van der Waals surface area contributed by atoms with Gasteiger partial charge in [0, 0.05) is 24.5 Å². The van der Waals surface area contributed by atoms with Gasteiger partial charge < -0.3 is 10.5 Å². The standard InChI is InChI=1S/C20H25N3O2S.C2H6/c21-19-8-7-18(13-20(19)25-15-24)26-22-10-3-4-11-23-12-9-16-5-1-2-6-17(16)14-23;1-2/h1-2,5-8,13,15,22H,3-4,9-12,14,21H2;1-2H3. The van der Waals surface area contributed by atoms with Crippen molar-refractivity contribution in [1.82, 2.24) is 9.62 Å². The predicted octanol–water partition coefficient (Wildman–Crippen LogP) is 4.27. The Labute approximate surface area is 172 Å². The van der Waals surface area contributed by atoms with Crippen molar-refractivity contribution in [3.63, 3.8) is 0 Å². The van der Waals surface area contributed by atoms with Crippen LogP contribution in [-0.4, -0.2) is 31.0 Å². The van der Waals surface area contributed by atoms with Crippen LogP contribution in [0.3, 0.4) is 0 Å². The van der Waals surface area contributed by atoms with Gasteiger partial charge in [-0.3, -0.25) is 14.4 Å². The third-order valence-corrected chi connectivity index (χ3v) is 5.40. The third kappa shape index (κ3) is 6.86. The first-order valence-electron chi connectivity index (χ1n) is 9.95. The van der Waals surface area contributed by atoms with Crippen molar-refractivity contribution in [3.05, 3.63) is 53.6 Å². The van der Waals surface area contributed by atoms with Crippen LogP contribution < -0.4 is 15.2 Å². The van der Waals surface area contributed by atoms with Crippen LogP contribution in [0.4, 0.5) is 5.69 Å². The Morgan fingerprint density at radius 1 is 1.18 bits per heavy atom. The molecular formula is C22H31N3O2S. The van der Waals surface area contributed by atoms with Gasteiger partial charge in [-0.2, -0.15) is 0 Å². The molecule has 6 heteroatoms. The van der Waals surface area contributed by atoms with Crippen LogP contribution in [0.15, 0.2) is 47.4 Å². The van der Waals surface area contributed by atoms with Crippen LogP contribution in [0.2, 0.25) is 0 Å². The number of ether oxygens (including phenoxy) is 1. The lowest BCUT2D eigenvalue weighted by Crippen LogP contribution is -2.31. The highest BCUT2D eigenvalue weighted by Crippen LogP contribution is 2.27. The number of benzene rings is 2. The fourth-order valence-electron chi connectivity index (χ4n) is 3.14. The molecule has 0 fully saturated rings. The second-order valence-corrected chi connectivity index (χ2v) is 7.38. The van der Waals surface area contributed by atoms with Gasteiger partial charge in [0.2, 0.25) is 0 Å². The van der Waals surface area contributed by atoms with E-state index in [0.717, 1.165) is 43.9 Å². The Morgan fingerprint density at radius 3 is 2.75 bits per heavy atom. The minimum absolute atomic E-state index is 0.395. The summed E-state index contributed by atoms with van der Waals surface area (Å²) in [4.78, 5) is 14.0. The molecule has 0 radical (unpaired) electrons. The Hall–Kier alpha value is -2.02. The summed E-state index contributed by atoms with van der Waals surface area (Å²) in [6.07, 6.45) is 3.46. The monoisotopic (exact) mass is 401 g/mol. The molecule has 2 aromatic carbocycles. The molecule has 0 amide bonds. The molecular weight excluding hydrogens is 370 g/mol. The van der Waals surface area contributed by atoms with Gasteiger partial charge in [-0.15, -0.1) is 0 Å². The Bertz CT molecular complexity index is 739. The van der Waals surface area contributed by atoms with E-state index < -0.39 is 0 Å². The molecule has 3 N–H and O–H groups in total. The second kappa shape index (κ2) is 12.4. The first kappa shape index (κ1) is 22.3. The highest BCUT2D eigenvalue weighted by atomic mass is 32.2. The zero-order valence-electron chi connectivity index (χ0n) is 16.8. The Balaban J connectivity index is 0.00000136. The van der Waals surface area contributed by atoms with Gasteiger partial charge >= 0.3 is 0 Å². The van der Waals surface area contributed by atoms with Crippen molar-refractivity contribution in [2.75, 3.05) is 25.4 Å². The van der Waals surface area contributed by atoms with Gasteiger partial charge in [0.05, 0.1) is 5.69 Å². The van der Waals surface area contributed by atoms with E-state index in [-0.39, 0.29) is 0 Å². The predicted molar refractivity (Wildman–Crippen MR) is 117 cm³/mol. The molecule has 1 heterocycles. The molecule has 0 unspecified atom stereocenters. The minimum Gasteiger partial charge on any atom is -0.427 e. The molecule has 0 atom stereocenters. The van der Waals surface area contributed by atoms with Crippen molar-refractivity contribution in [2.45, 2.75) is 44.6 Å². The summed E-state index contributed by atoms with van der Waals surface area (Å²) in [5.74, 6) is 0.400. The average Bonchev–Trinajstić information content (AvgIpc) is 2.74. The lowest BCUT2D eigenvalue weighted by atomic mass is 10.00. The molecule has 1 aliphatic heterocycles. The molecule has 152 valence electrons. The zero-order valence-corrected chi connectivity index (χ0v) is 17.6. The number of hydrogen-bond acceptors (Lipinski definition) is 6. The third-order valence-electron chi connectivity index (χ3n) is 4.56. The molecule has 0 aromatic heterocycles. The molecule has 3 rings (SSSR count). The summed E-state index contributed by atoms with van der Waals surface area (Å²) in [5.41, 5.74) is 9.19. The number of unbranched alkanes of at least 4 members (excludes halogenated alkanes) is 1. The van der Waals surface area contributed by atoms with Crippen LogP contribution in [0.5, 0.6) is 5.75 Å². The van der Waals surface area contributed by atoms with Gasteiger partial charge in [-0.25, -0.2) is 0 Å². The van der Waals surface area contributed by atoms with Crippen molar-refractivity contribution in [1.29, 1.82) is 0 Å². The topological polar surface area (TPSA) is 67.6 Å². The number of anilines is 1. The molecule has 2 aromatic rings. The van der Waals surface area contributed by atoms with Crippen molar-refractivity contribution >= 4 is 24.1 Å². The smallest absolute Gasteiger partial charge is 0.298 e. The van der Waals surface area contributed by atoms with E-state index in [0.29, 0.717) is 17.9 Å². The maximum atomic E-state index is 10.5. The molecule has 0 spiro atoms. The number of nitrogen functional groups attached to an aromatic ring is 1. The minimum atomic E-state index is 0.395. The molecule has 1 aliphatic rings. The number of carbonyl (C=O) groups is 1. The molecule has 0 saturated carbocycles. The van der Waals surface area contributed by atoms with E-state index >= 15 is 0 Å². The maximum absolute atomic E-state index is 10.5. The molecule has 28 heavy (non-hydrogen) atoms. The quantitative estimate of drug-likeness (QED) is 0.283. The van der Waals surface area contributed by atoms with Gasteiger partial charge in [-0.1, -0.05) is 38.1 Å². The average molecular weight is 402 g/mol. The van der Waals surface area contributed by atoms with Crippen molar-refractivity contribution < 1.29 is 9.53 Å². The van der Waals surface area contributed by atoms with E-state index in [1.807, 2.05) is 19.9 Å². The fourth-order valence-corrected chi connectivity index (χ4v) is 3.86. The van der Waals surface area contributed by atoms with Crippen LogP contribution in [0.25, 0.3) is 0 Å². The summed E-state index contributed by atoms with van der Waals surface area (Å²) < 4.78 is 8.22. The molecule has 5 nitrogen and oxygen atoms in total. The largest absolute Gasteiger partial charge is 0.427 e. The van der Waals surface area contributed by atoms with Gasteiger partial charge in [0.15, 0.2) is 5.75 Å². The summed E-state index contributed by atoms with van der Waals surface area (Å²) >= 11 is 1.53. The summed E-state index contributed by atoms with van der Waals surface area (Å²) in [5, 5.41) is 0. The van der Waals surface area contributed by atoms with Crippen LogP contribution in [0.1, 0.15) is 37.8 Å². The number of nitrogens with two attached hydrogens (primary N) is 1. The number of fused-ring (bicyclic) bond motifs is 1. The van der Waals surface area contributed by atoms with E-state index in [1.165, 1.54) is 29.5 Å². The van der Waals surface area contributed by atoms with Gasteiger partial charge in [0.25, 0.3) is 6.47 Å². The summed E-state index contributed by atoms with van der Waals surface area (Å²) in [6, 6.07) is 14.2. The normalized spacial score (nSPS) is 13.2.